The van der Waals surface area contributed by atoms with Crippen molar-refractivity contribution < 1.29 is 4.74 Å². The zero-order valence-electron chi connectivity index (χ0n) is 9.56. The Hall–Kier alpha value is -1.88. The molecule has 0 saturated heterocycles. The van der Waals surface area contributed by atoms with Gasteiger partial charge in [-0.1, -0.05) is 30.3 Å². The Morgan fingerprint density at radius 2 is 2.17 bits per heavy atom. The number of H-pyrrole nitrogens is 1. The van der Waals surface area contributed by atoms with Gasteiger partial charge in [0.1, 0.15) is 12.4 Å². The largest absolute Gasteiger partial charge is 0.473 e. The molecular weight excluding hydrogens is 294 g/mol. The normalized spacial score (nSPS) is 11.3. The van der Waals surface area contributed by atoms with Gasteiger partial charge in [-0.2, -0.15) is 0 Å². The summed E-state index contributed by atoms with van der Waals surface area (Å²) >= 11 is 3.34. The first-order valence-corrected chi connectivity index (χ1v) is 6.17. The lowest BCUT2D eigenvalue weighted by Gasteiger charge is -2.04. The highest BCUT2D eigenvalue weighted by atomic mass is 79.9. The first-order chi connectivity index (χ1) is 8.75. The Bertz CT molecular complexity index is 535. The quantitative estimate of drug-likeness (QED) is 0.672. The van der Waals surface area contributed by atoms with Crippen molar-refractivity contribution in [2.75, 3.05) is 0 Å². The third kappa shape index (κ3) is 3.56. The summed E-state index contributed by atoms with van der Waals surface area (Å²) in [5, 5.41) is 7.70. The molecule has 2 N–H and O–H groups in total. The van der Waals surface area contributed by atoms with Gasteiger partial charge >= 0.3 is 0 Å². The van der Waals surface area contributed by atoms with E-state index in [1.807, 2.05) is 30.3 Å². The second-order valence-corrected chi connectivity index (χ2v) is 4.42. The lowest BCUT2D eigenvalue weighted by molar-refractivity contribution is 0.292. The molecule has 1 aromatic carbocycles. The molecule has 92 valence electrons. The van der Waals surface area contributed by atoms with Crippen LogP contribution in [0.3, 0.4) is 0 Å². The van der Waals surface area contributed by atoms with Gasteiger partial charge in [0, 0.05) is 18.5 Å². The van der Waals surface area contributed by atoms with Crippen molar-refractivity contribution in [3.05, 3.63) is 60.2 Å². The van der Waals surface area contributed by atoms with Crippen molar-refractivity contribution in [3.63, 3.8) is 0 Å². The SMILES string of the molecule is N=C(/C=C(/Br)c1ncc[nH]1)OCc1ccccc1. The van der Waals surface area contributed by atoms with E-state index in [0.29, 0.717) is 16.9 Å². The Morgan fingerprint density at radius 3 is 2.83 bits per heavy atom. The molecule has 4 nitrogen and oxygen atoms in total. The van der Waals surface area contributed by atoms with E-state index in [4.69, 9.17) is 10.1 Å². The molecule has 0 bridgehead atoms. The van der Waals surface area contributed by atoms with Crippen LogP contribution >= 0.6 is 15.9 Å². The topological polar surface area (TPSA) is 61.8 Å². The Morgan fingerprint density at radius 1 is 1.39 bits per heavy atom. The summed E-state index contributed by atoms with van der Waals surface area (Å²) in [5.41, 5.74) is 1.03. The number of aromatic amines is 1. The van der Waals surface area contributed by atoms with Crippen molar-refractivity contribution >= 4 is 26.3 Å². The Kier molecular flexibility index (Phi) is 4.30. The zero-order chi connectivity index (χ0) is 12.8. The van der Waals surface area contributed by atoms with Crippen molar-refractivity contribution in [2.45, 2.75) is 6.61 Å². The maximum Gasteiger partial charge on any atom is 0.207 e. The fourth-order valence-corrected chi connectivity index (χ4v) is 1.78. The molecule has 0 aliphatic rings. The lowest BCUT2D eigenvalue weighted by Crippen LogP contribution is -2.00. The van der Waals surface area contributed by atoms with E-state index in [1.165, 1.54) is 0 Å². The van der Waals surface area contributed by atoms with Gasteiger partial charge < -0.3 is 9.72 Å². The predicted octanol–water partition coefficient (Wildman–Crippen LogP) is 3.34. The maximum absolute atomic E-state index is 7.70. The summed E-state index contributed by atoms with van der Waals surface area (Å²) in [5.74, 6) is 0.755. The van der Waals surface area contributed by atoms with Crippen LogP contribution in [-0.4, -0.2) is 15.9 Å². The molecule has 18 heavy (non-hydrogen) atoms. The van der Waals surface area contributed by atoms with Crippen LogP contribution in [-0.2, 0) is 11.3 Å². The summed E-state index contributed by atoms with van der Waals surface area (Å²) in [6.45, 7) is 0.384. The first kappa shape index (κ1) is 12.6. The van der Waals surface area contributed by atoms with Crippen molar-refractivity contribution in [2.24, 2.45) is 0 Å². The molecule has 0 fully saturated rings. The predicted molar refractivity (Wildman–Crippen MR) is 74.4 cm³/mol. The third-order valence-electron chi connectivity index (χ3n) is 2.22. The zero-order valence-corrected chi connectivity index (χ0v) is 11.1. The van der Waals surface area contributed by atoms with E-state index in [9.17, 15) is 0 Å². The van der Waals surface area contributed by atoms with Crippen molar-refractivity contribution in [1.82, 2.24) is 9.97 Å². The van der Waals surface area contributed by atoms with Crippen LogP contribution in [0.1, 0.15) is 11.4 Å². The van der Waals surface area contributed by atoms with Gasteiger partial charge in [0.25, 0.3) is 0 Å². The van der Waals surface area contributed by atoms with Crippen LogP contribution in [0.15, 0.2) is 48.8 Å². The van der Waals surface area contributed by atoms with Crippen LogP contribution in [0.4, 0.5) is 0 Å². The summed E-state index contributed by atoms with van der Waals surface area (Å²) < 4.78 is 6.02. The van der Waals surface area contributed by atoms with Crippen molar-refractivity contribution in [3.8, 4) is 0 Å². The molecule has 0 aliphatic heterocycles. The minimum Gasteiger partial charge on any atom is -0.473 e. The first-order valence-electron chi connectivity index (χ1n) is 5.38. The van der Waals surface area contributed by atoms with Crippen LogP contribution in [0, 0.1) is 5.41 Å². The minimum atomic E-state index is 0.0853. The molecule has 2 aromatic rings. The van der Waals surface area contributed by atoms with Gasteiger partial charge in [0.2, 0.25) is 5.90 Å². The average Bonchev–Trinajstić information content (AvgIpc) is 2.91. The number of rotatable bonds is 4. The smallest absolute Gasteiger partial charge is 0.207 e. The number of nitrogens with one attached hydrogen (secondary N) is 2. The fraction of sp³-hybridized carbons (Fsp3) is 0.0769. The van der Waals surface area contributed by atoms with E-state index in [1.54, 1.807) is 18.5 Å². The number of imidazole rings is 1. The summed E-state index contributed by atoms with van der Waals surface area (Å²) in [6, 6.07) is 9.74. The molecule has 0 saturated carbocycles. The molecule has 1 heterocycles. The molecule has 0 atom stereocenters. The number of benzene rings is 1. The highest BCUT2D eigenvalue weighted by Gasteiger charge is 2.02. The number of aromatic nitrogens is 2. The van der Waals surface area contributed by atoms with Crippen LogP contribution in [0.25, 0.3) is 4.48 Å². The van der Waals surface area contributed by atoms with E-state index in [-0.39, 0.29) is 5.90 Å². The number of ether oxygens (including phenoxy) is 1. The second-order valence-electron chi connectivity index (χ2n) is 3.57. The molecule has 5 heteroatoms. The van der Waals surface area contributed by atoms with Crippen LogP contribution < -0.4 is 0 Å². The van der Waals surface area contributed by atoms with Crippen LogP contribution in [0.2, 0.25) is 0 Å². The van der Waals surface area contributed by atoms with E-state index >= 15 is 0 Å². The molecule has 0 spiro atoms. The fourth-order valence-electron chi connectivity index (χ4n) is 1.36. The molecule has 0 unspecified atom stereocenters. The highest BCUT2D eigenvalue weighted by molar-refractivity contribution is 9.15. The highest BCUT2D eigenvalue weighted by Crippen LogP contribution is 2.16. The van der Waals surface area contributed by atoms with E-state index < -0.39 is 0 Å². The van der Waals surface area contributed by atoms with E-state index in [0.717, 1.165) is 5.56 Å². The third-order valence-corrected chi connectivity index (χ3v) is 2.82. The minimum absolute atomic E-state index is 0.0853. The molecule has 0 aliphatic carbocycles. The van der Waals surface area contributed by atoms with Gasteiger partial charge in [0.15, 0.2) is 0 Å². The van der Waals surface area contributed by atoms with Crippen LogP contribution in [0.5, 0.6) is 0 Å². The maximum atomic E-state index is 7.70. The average molecular weight is 306 g/mol. The Labute approximate surface area is 113 Å². The standard InChI is InChI=1S/C13H12BrN3O/c14-11(13-16-6-7-17-13)8-12(15)18-9-10-4-2-1-3-5-10/h1-8,15H,9H2,(H,16,17)/b11-8+,15-12?. The number of halogens is 1. The van der Waals surface area contributed by atoms with Gasteiger partial charge in [-0.3, -0.25) is 5.41 Å². The lowest BCUT2D eigenvalue weighted by atomic mass is 10.2. The van der Waals surface area contributed by atoms with Gasteiger partial charge in [-0.15, -0.1) is 0 Å². The number of hydrogen-bond donors (Lipinski definition) is 2. The van der Waals surface area contributed by atoms with E-state index in [2.05, 4.69) is 25.9 Å². The number of nitrogens with zero attached hydrogens (tertiary/aromatic N) is 1. The monoisotopic (exact) mass is 305 g/mol. The van der Waals surface area contributed by atoms with Gasteiger partial charge in [0.05, 0.1) is 4.48 Å². The summed E-state index contributed by atoms with van der Waals surface area (Å²) in [4.78, 5) is 7.00. The van der Waals surface area contributed by atoms with Crippen molar-refractivity contribution in [1.29, 1.82) is 5.41 Å². The second kappa shape index (κ2) is 6.16. The number of hydrogen-bond acceptors (Lipinski definition) is 3. The summed E-state index contributed by atoms with van der Waals surface area (Å²) in [6.07, 6.45) is 4.94. The Balaban J connectivity index is 1.91. The molecule has 0 amide bonds. The summed E-state index contributed by atoms with van der Waals surface area (Å²) in [7, 11) is 0. The molecule has 2 rings (SSSR count). The van der Waals surface area contributed by atoms with Gasteiger partial charge in [-0.25, -0.2) is 4.98 Å². The molecular formula is C13H12BrN3O. The molecule has 0 radical (unpaired) electrons. The van der Waals surface area contributed by atoms with Gasteiger partial charge in [-0.05, 0) is 21.5 Å². The molecule has 1 aromatic heterocycles.